The van der Waals surface area contributed by atoms with E-state index >= 15 is 0 Å². The smallest absolute Gasteiger partial charge is 0.343 e. The molecule has 2 aromatic heterocycles. The second-order valence-electron chi connectivity index (χ2n) is 5.95. The molecule has 0 saturated carbocycles. The van der Waals surface area contributed by atoms with Crippen molar-refractivity contribution in [3.05, 3.63) is 88.1 Å². The average molecular weight is 367 g/mol. The summed E-state index contributed by atoms with van der Waals surface area (Å²) in [7, 11) is 0. The summed E-state index contributed by atoms with van der Waals surface area (Å²) in [6.07, 6.45) is 4.89. The highest BCUT2D eigenvalue weighted by Crippen LogP contribution is 2.09. The SMILES string of the molecule is CCOCOC(=O)c1cnn(Cc2ccc(Cn3ccccc3=O)cc2)c1. The Morgan fingerprint density at radius 1 is 1.07 bits per heavy atom. The quantitative estimate of drug-likeness (QED) is 0.347. The van der Waals surface area contributed by atoms with E-state index in [1.807, 2.05) is 37.3 Å². The number of aromatic nitrogens is 3. The van der Waals surface area contributed by atoms with E-state index in [0.717, 1.165) is 11.1 Å². The zero-order chi connectivity index (χ0) is 19.1. The van der Waals surface area contributed by atoms with Crippen LogP contribution in [0.15, 0.2) is 65.8 Å². The van der Waals surface area contributed by atoms with Crippen molar-refractivity contribution in [3.8, 4) is 0 Å². The highest BCUT2D eigenvalue weighted by atomic mass is 16.7. The Morgan fingerprint density at radius 2 is 1.81 bits per heavy atom. The van der Waals surface area contributed by atoms with Crippen LogP contribution in [0.5, 0.6) is 0 Å². The fraction of sp³-hybridized carbons (Fsp3) is 0.250. The summed E-state index contributed by atoms with van der Waals surface area (Å²) in [5.41, 5.74) is 2.43. The van der Waals surface area contributed by atoms with E-state index < -0.39 is 5.97 Å². The van der Waals surface area contributed by atoms with E-state index in [1.54, 1.807) is 33.8 Å². The maximum Gasteiger partial charge on any atom is 0.343 e. The number of esters is 1. The number of nitrogens with zero attached hydrogens (tertiary/aromatic N) is 3. The van der Waals surface area contributed by atoms with Gasteiger partial charge >= 0.3 is 5.97 Å². The molecule has 0 fully saturated rings. The molecule has 1 aromatic carbocycles. The summed E-state index contributed by atoms with van der Waals surface area (Å²) in [5, 5.41) is 4.19. The Balaban J connectivity index is 1.59. The van der Waals surface area contributed by atoms with Gasteiger partial charge in [0, 0.05) is 25.1 Å². The Bertz CT molecular complexity index is 944. The minimum Gasteiger partial charge on any atom is -0.435 e. The predicted octanol–water partition coefficient (Wildman–Crippen LogP) is 2.29. The molecule has 0 N–H and O–H groups in total. The van der Waals surface area contributed by atoms with Crippen LogP contribution >= 0.6 is 0 Å². The average Bonchev–Trinajstić information content (AvgIpc) is 3.14. The van der Waals surface area contributed by atoms with Crippen molar-refractivity contribution in [3.63, 3.8) is 0 Å². The molecule has 0 amide bonds. The van der Waals surface area contributed by atoms with Crippen molar-refractivity contribution >= 4 is 5.97 Å². The third-order valence-corrected chi connectivity index (χ3v) is 3.97. The fourth-order valence-electron chi connectivity index (χ4n) is 2.54. The highest BCUT2D eigenvalue weighted by molar-refractivity contribution is 5.88. The number of carbonyl (C=O) groups is 1. The normalized spacial score (nSPS) is 10.7. The lowest BCUT2D eigenvalue weighted by Crippen LogP contribution is -2.18. The first-order valence-electron chi connectivity index (χ1n) is 8.66. The van der Waals surface area contributed by atoms with Crippen molar-refractivity contribution in [1.82, 2.24) is 14.3 Å². The standard InChI is InChI=1S/C20H21N3O4/c1-2-26-15-27-20(25)18-11-21-23(14-18)13-17-8-6-16(7-9-17)12-22-10-4-3-5-19(22)24/h3-11,14H,2,12-13,15H2,1H3. The molecule has 0 atom stereocenters. The molecule has 0 unspecified atom stereocenters. The molecule has 27 heavy (non-hydrogen) atoms. The van der Waals surface area contributed by atoms with Gasteiger partial charge in [-0.15, -0.1) is 0 Å². The van der Waals surface area contributed by atoms with E-state index in [9.17, 15) is 9.59 Å². The summed E-state index contributed by atoms with van der Waals surface area (Å²) in [5.74, 6) is -0.460. The zero-order valence-corrected chi connectivity index (χ0v) is 15.1. The first kappa shape index (κ1) is 18.6. The molecule has 0 aliphatic rings. The van der Waals surface area contributed by atoms with Gasteiger partial charge in [0.1, 0.15) is 0 Å². The van der Waals surface area contributed by atoms with Crippen LogP contribution in [0.25, 0.3) is 0 Å². The molecule has 0 radical (unpaired) electrons. The number of ether oxygens (including phenoxy) is 2. The maximum absolute atomic E-state index is 11.8. The van der Waals surface area contributed by atoms with Gasteiger partial charge in [-0.2, -0.15) is 5.10 Å². The molecule has 7 nitrogen and oxygen atoms in total. The molecule has 7 heteroatoms. The molecule has 0 aliphatic carbocycles. The van der Waals surface area contributed by atoms with Crippen molar-refractivity contribution < 1.29 is 14.3 Å². The number of hydrogen-bond acceptors (Lipinski definition) is 5. The first-order chi connectivity index (χ1) is 13.2. The largest absolute Gasteiger partial charge is 0.435 e. The van der Waals surface area contributed by atoms with Gasteiger partial charge in [0.2, 0.25) is 0 Å². The predicted molar refractivity (Wildman–Crippen MR) is 99.5 cm³/mol. The molecule has 3 rings (SSSR count). The van der Waals surface area contributed by atoms with Crippen molar-refractivity contribution in [2.24, 2.45) is 0 Å². The van der Waals surface area contributed by atoms with Gasteiger partial charge in [-0.3, -0.25) is 9.48 Å². The van der Waals surface area contributed by atoms with E-state index in [2.05, 4.69) is 5.10 Å². The van der Waals surface area contributed by atoms with Crippen LogP contribution in [0, 0.1) is 0 Å². The number of rotatable bonds is 8. The van der Waals surface area contributed by atoms with Gasteiger partial charge in [-0.25, -0.2) is 4.79 Å². The van der Waals surface area contributed by atoms with E-state index in [1.165, 1.54) is 6.20 Å². The number of benzene rings is 1. The summed E-state index contributed by atoms with van der Waals surface area (Å²) in [6.45, 7) is 3.31. The van der Waals surface area contributed by atoms with Crippen molar-refractivity contribution in [1.29, 1.82) is 0 Å². The Labute approximate surface area is 156 Å². The summed E-state index contributed by atoms with van der Waals surface area (Å²) < 4.78 is 13.3. The number of pyridine rings is 1. The van der Waals surface area contributed by atoms with E-state index in [-0.39, 0.29) is 12.4 Å². The van der Waals surface area contributed by atoms with Gasteiger partial charge < -0.3 is 14.0 Å². The molecule has 2 heterocycles. The third kappa shape index (κ3) is 5.15. The first-order valence-corrected chi connectivity index (χ1v) is 8.66. The van der Waals surface area contributed by atoms with Gasteiger partial charge in [-0.1, -0.05) is 30.3 Å². The Hall–Kier alpha value is -3.19. The van der Waals surface area contributed by atoms with Gasteiger partial charge in [0.05, 0.1) is 24.8 Å². The lowest BCUT2D eigenvalue weighted by molar-refractivity contribution is -0.0274. The highest BCUT2D eigenvalue weighted by Gasteiger charge is 2.10. The number of carbonyl (C=O) groups excluding carboxylic acids is 1. The van der Waals surface area contributed by atoms with E-state index in [4.69, 9.17) is 9.47 Å². The van der Waals surface area contributed by atoms with Crippen molar-refractivity contribution in [2.75, 3.05) is 13.4 Å². The van der Waals surface area contributed by atoms with Crippen LogP contribution in [-0.2, 0) is 22.6 Å². The van der Waals surface area contributed by atoms with E-state index in [0.29, 0.717) is 25.3 Å². The third-order valence-electron chi connectivity index (χ3n) is 3.97. The number of hydrogen-bond donors (Lipinski definition) is 0. The molecule has 0 bridgehead atoms. The van der Waals surface area contributed by atoms with Crippen LogP contribution in [0.4, 0.5) is 0 Å². The van der Waals surface area contributed by atoms with Crippen LogP contribution in [-0.4, -0.2) is 33.7 Å². The Kier molecular flexibility index (Phi) is 6.17. The summed E-state index contributed by atoms with van der Waals surface area (Å²) >= 11 is 0. The second-order valence-corrected chi connectivity index (χ2v) is 5.95. The van der Waals surface area contributed by atoms with Crippen LogP contribution in [0.3, 0.4) is 0 Å². The molecule has 0 aliphatic heterocycles. The van der Waals surface area contributed by atoms with Gasteiger partial charge in [0.25, 0.3) is 5.56 Å². The second kappa shape index (κ2) is 8.95. The molecular weight excluding hydrogens is 346 g/mol. The minimum atomic E-state index is -0.460. The molecule has 3 aromatic rings. The summed E-state index contributed by atoms with van der Waals surface area (Å²) in [6, 6.07) is 13.0. The topological polar surface area (TPSA) is 75.3 Å². The maximum atomic E-state index is 11.8. The molecule has 0 spiro atoms. The summed E-state index contributed by atoms with van der Waals surface area (Å²) in [4.78, 5) is 23.6. The molecule has 140 valence electrons. The fourth-order valence-corrected chi connectivity index (χ4v) is 2.54. The zero-order valence-electron chi connectivity index (χ0n) is 15.1. The minimum absolute atomic E-state index is 0.0260. The lowest BCUT2D eigenvalue weighted by Gasteiger charge is -2.07. The Morgan fingerprint density at radius 3 is 2.52 bits per heavy atom. The van der Waals surface area contributed by atoms with Crippen LogP contribution < -0.4 is 5.56 Å². The molecular formula is C20H21N3O4. The molecule has 0 saturated heterocycles. The van der Waals surface area contributed by atoms with Gasteiger partial charge in [0.15, 0.2) is 6.79 Å². The van der Waals surface area contributed by atoms with Crippen LogP contribution in [0.2, 0.25) is 0 Å². The van der Waals surface area contributed by atoms with Gasteiger partial charge in [-0.05, 0) is 24.1 Å². The lowest BCUT2D eigenvalue weighted by atomic mass is 10.1. The van der Waals surface area contributed by atoms with Crippen LogP contribution in [0.1, 0.15) is 28.4 Å². The van der Waals surface area contributed by atoms with Crippen molar-refractivity contribution in [2.45, 2.75) is 20.0 Å². The monoisotopic (exact) mass is 367 g/mol.